The number of halogens is 3. The van der Waals surface area contributed by atoms with Crippen LogP contribution in [0.15, 0.2) is 99.6 Å². The molecule has 1 unspecified atom stereocenters. The van der Waals surface area contributed by atoms with E-state index in [2.05, 4.69) is 0 Å². The van der Waals surface area contributed by atoms with Gasteiger partial charge in [-0.05, 0) is 43.3 Å². The summed E-state index contributed by atoms with van der Waals surface area (Å²) in [5.41, 5.74) is -2.93. The van der Waals surface area contributed by atoms with Crippen LogP contribution in [0.2, 0.25) is 0 Å². The highest BCUT2D eigenvalue weighted by Crippen LogP contribution is 2.37. The van der Waals surface area contributed by atoms with E-state index in [4.69, 9.17) is 4.74 Å². The maximum Gasteiger partial charge on any atom is 0.420 e. The molecule has 0 spiro atoms. The molecule has 0 saturated heterocycles. The topological polar surface area (TPSA) is 29.5 Å². The average Bonchev–Trinajstić information content (AvgIpc) is 2.68. The fourth-order valence-corrected chi connectivity index (χ4v) is 4.72. The molecule has 3 rings (SSSR count). The molecule has 0 saturated carbocycles. The number of aliphatic hydroxyl groups is 1. The third-order valence-corrected chi connectivity index (χ3v) is 6.41. The Morgan fingerprint density at radius 3 is 1.75 bits per heavy atom. The molecule has 28 heavy (non-hydrogen) atoms. The Morgan fingerprint density at radius 2 is 1.25 bits per heavy atom. The van der Waals surface area contributed by atoms with E-state index in [-0.39, 0.29) is 0 Å². The van der Waals surface area contributed by atoms with E-state index in [1.54, 1.807) is 12.1 Å². The van der Waals surface area contributed by atoms with Crippen LogP contribution in [0.5, 0.6) is 5.75 Å². The molecule has 0 aliphatic rings. The molecule has 1 N–H and O–H groups in total. The van der Waals surface area contributed by atoms with Gasteiger partial charge in [0.25, 0.3) is 0 Å². The number of rotatable bonds is 6. The molecule has 0 radical (unpaired) electrons. The lowest BCUT2D eigenvalue weighted by molar-refractivity contribution is -0.260. The summed E-state index contributed by atoms with van der Waals surface area (Å²) in [6.07, 6.45) is -4.78. The minimum atomic E-state index is -4.78. The fraction of sp³-hybridized carbons (Fsp3) is 0.182. The van der Waals surface area contributed by atoms with Crippen LogP contribution < -0.4 is 4.74 Å². The van der Waals surface area contributed by atoms with E-state index >= 15 is 0 Å². The number of alkyl halides is 3. The Labute approximate surface area is 165 Å². The lowest BCUT2D eigenvalue weighted by Crippen LogP contribution is -2.47. The van der Waals surface area contributed by atoms with Gasteiger partial charge in [-0.2, -0.15) is 13.2 Å². The maximum atomic E-state index is 13.0. The first-order valence-corrected chi connectivity index (χ1v) is 9.87. The molecule has 146 valence electrons. The predicted octanol–water partition coefficient (Wildman–Crippen LogP) is 5.47. The smallest absolute Gasteiger partial charge is 0.420 e. The van der Waals surface area contributed by atoms with E-state index in [1.165, 1.54) is 0 Å². The van der Waals surface area contributed by atoms with E-state index in [0.717, 1.165) is 14.7 Å². The molecule has 0 heterocycles. The predicted molar refractivity (Wildman–Crippen MR) is 104 cm³/mol. The van der Waals surface area contributed by atoms with Crippen LogP contribution in [0.3, 0.4) is 0 Å². The molecule has 0 aliphatic heterocycles. The van der Waals surface area contributed by atoms with Gasteiger partial charge < -0.3 is 9.84 Å². The zero-order chi connectivity index (χ0) is 20.2. The first-order chi connectivity index (χ1) is 13.3. The van der Waals surface area contributed by atoms with E-state index in [0.29, 0.717) is 12.7 Å². The van der Waals surface area contributed by atoms with Crippen molar-refractivity contribution >= 4 is 10.9 Å². The summed E-state index contributed by atoms with van der Waals surface area (Å²) in [5.74, 6) is 0.322. The summed E-state index contributed by atoms with van der Waals surface area (Å²) < 4.78 is 44.5. The number of para-hydroxylation sites is 1. The third kappa shape index (κ3) is 4.51. The number of hydrogen-bond donors (Lipinski definition) is 1. The zero-order valence-corrected chi connectivity index (χ0v) is 16.0. The molecule has 6 heteroatoms. The molecule has 0 bridgehead atoms. The minimum Gasteiger partial charge on any atom is -0.485 e. The number of ether oxygens (including phenoxy) is 1. The van der Waals surface area contributed by atoms with Crippen LogP contribution in [0.4, 0.5) is 13.2 Å². The second kappa shape index (κ2) is 8.29. The molecule has 0 amide bonds. The summed E-state index contributed by atoms with van der Waals surface area (Å²) in [5, 5.41) is 9.73. The highest BCUT2D eigenvalue weighted by atomic mass is 32.2. The molecule has 0 aliphatic carbocycles. The fourth-order valence-electron chi connectivity index (χ4n) is 2.54. The number of hydrogen-bond acceptors (Lipinski definition) is 2. The monoisotopic (exact) mass is 405 g/mol. The standard InChI is InChI=1S/C22H20F3O2S/c1-21(26,22(23,24)25)16-27-19-14-8-9-15-20(19)28(17-10-4-2-5-11-17)18-12-6-3-7-13-18/h2-15,26H,16H2,1H3/q+1. The van der Waals surface area contributed by atoms with E-state index in [1.807, 2.05) is 72.8 Å². The average molecular weight is 405 g/mol. The Bertz CT molecular complexity index is 857. The molecule has 0 aromatic heterocycles. The van der Waals surface area contributed by atoms with Crippen LogP contribution in [0, 0.1) is 0 Å². The van der Waals surface area contributed by atoms with E-state index in [9.17, 15) is 18.3 Å². The molecule has 2 nitrogen and oxygen atoms in total. The Hall–Kier alpha value is -2.44. The van der Waals surface area contributed by atoms with Crippen molar-refractivity contribution in [3.05, 3.63) is 84.9 Å². The molecule has 1 atom stereocenters. The molecular formula is C22H20F3O2S+. The summed E-state index contributed by atoms with van der Waals surface area (Å²) in [7, 11) is -0.563. The SMILES string of the molecule is CC(O)(COc1ccccc1[S+](c1ccccc1)c1ccccc1)C(F)(F)F. The Kier molecular flexibility index (Phi) is 6.01. The molecular weight excluding hydrogens is 385 g/mol. The van der Waals surface area contributed by atoms with Gasteiger partial charge in [0.2, 0.25) is 4.90 Å². The van der Waals surface area contributed by atoms with Crippen LogP contribution in [-0.4, -0.2) is 23.5 Å². The molecule has 0 fully saturated rings. The van der Waals surface area contributed by atoms with Gasteiger partial charge in [-0.1, -0.05) is 48.5 Å². The van der Waals surface area contributed by atoms with Gasteiger partial charge in [0.1, 0.15) is 17.5 Å². The van der Waals surface area contributed by atoms with Crippen molar-refractivity contribution < 1.29 is 23.0 Å². The quantitative estimate of drug-likeness (QED) is 0.551. The van der Waals surface area contributed by atoms with E-state index < -0.39 is 29.3 Å². The summed E-state index contributed by atoms with van der Waals surface area (Å²) in [6, 6.07) is 26.5. The van der Waals surface area contributed by atoms with Crippen molar-refractivity contribution in [1.29, 1.82) is 0 Å². The van der Waals surface area contributed by atoms with Gasteiger partial charge >= 0.3 is 6.18 Å². The zero-order valence-electron chi connectivity index (χ0n) is 15.2. The van der Waals surface area contributed by atoms with Gasteiger partial charge in [-0.15, -0.1) is 0 Å². The summed E-state index contributed by atoms with van der Waals surface area (Å²) >= 11 is 0. The molecule has 3 aromatic rings. The largest absolute Gasteiger partial charge is 0.485 e. The first kappa shape index (κ1) is 20.3. The van der Waals surface area contributed by atoms with Gasteiger partial charge in [-0.3, -0.25) is 0 Å². The van der Waals surface area contributed by atoms with Crippen molar-refractivity contribution in [1.82, 2.24) is 0 Å². The van der Waals surface area contributed by atoms with Gasteiger partial charge in [0.05, 0.1) is 0 Å². The lowest BCUT2D eigenvalue weighted by atomic mass is 10.1. The maximum absolute atomic E-state index is 13.0. The van der Waals surface area contributed by atoms with Crippen LogP contribution in [-0.2, 0) is 10.9 Å². The molecule has 3 aromatic carbocycles. The second-order valence-electron chi connectivity index (χ2n) is 6.44. The van der Waals surface area contributed by atoms with Crippen molar-refractivity contribution in [3.63, 3.8) is 0 Å². The first-order valence-electron chi connectivity index (χ1n) is 8.65. The van der Waals surface area contributed by atoms with Gasteiger partial charge in [-0.25, -0.2) is 0 Å². The van der Waals surface area contributed by atoms with Crippen LogP contribution >= 0.6 is 0 Å². The summed E-state index contributed by atoms with van der Waals surface area (Å²) in [6.45, 7) is -0.169. The van der Waals surface area contributed by atoms with Crippen molar-refractivity contribution in [2.45, 2.75) is 33.4 Å². The lowest BCUT2D eigenvalue weighted by Gasteiger charge is -2.26. The highest BCUT2D eigenvalue weighted by molar-refractivity contribution is 7.97. The Morgan fingerprint density at radius 1 is 0.786 bits per heavy atom. The second-order valence-corrected chi connectivity index (χ2v) is 8.43. The highest BCUT2D eigenvalue weighted by Gasteiger charge is 2.51. The van der Waals surface area contributed by atoms with Crippen LogP contribution in [0.25, 0.3) is 0 Å². The van der Waals surface area contributed by atoms with Crippen molar-refractivity contribution in [3.8, 4) is 5.75 Å². The number of benzene rings is 3. The van der Waals surface area contributed by atoms with Gasteiger partial charge in [0.15, 0.2) is 21.1 Å². The third-order valence-electron chi connectivity index (χ3n) is 4.15. The van der Waals surface area contributed by atoms with Gasteiger partial charge in [0, 0.05) is 0 Å². The Balaban J connectivity index is 2.01. The van der Waals surface area contributed by atoms with Crippen molar-refractivity contribution in [2.24, 2.45) is 0 Å². The van der Waals surface area contributed by atoms with Crippen molar-refractivity contribution in [2.75, 3.05) is 6.61 Å². The van der Waals surface area contributed by atoms with Crippen LogP contribution in [0.1, 0.15) is 6.92 Å². The summed E-state index contributed by atoms with van der Waals surface area (Å²) in [4.78, 5) is 2.80. The normalized spacial score (nSPS) is 13.9. The minimum absolute atomic E-state index is 0.322.